The first-order valence-corrected chi connectivity index (χ1v) is 10.4. The third-order valence-corrected chi connectivity index (χ3v) is 6.29. The number of carbonyl (C=O) groups is 1. The highest BCUT2D eigenvalue weighted by Crippen LogP contribution is 2.46. The Bertz CT molecular complexity index is 904. The van der Waals surface area contributed by atoms with Crippen molar-refractivity contribution in [2.24, 2.45) is 0 Å². The van der Waals surface area contributed by atoms with Crippen LogP contribution in [-0.2, 0) is 15.6 Å². The van der Waals surface area contributed by atoms with Crippen LogP contribution in [0.4, 0.5) is 0 Å². The standard InChI is InChI=1S/C26H32O3/c1-6-29-16-13-21(18-7-9-19(10-8-18)24(27)28)20-11-12-22-23(17-20)26(4,5)15-14-25(22,2)3/h7-13,16-17,21H,6,14-15H2,1-5H3,(H,27,28)/b16-13+. The van der Waals surface area contributed by atoms with Crippen molar-refractivity contribution < 1.29 is 14.6 Å². The Morgan fingerprint density at radius 2 is 1.59 bits per heavy atom. The monoisotopic (exact) mass is 392 g/mol. The maximum absolute atomic E-state index is 11.2. The minimum absolute atomic E-state index is 0.00975. The highest BCUT2D eigenvalue weighted by molar-refractivity contribution is 5.87. The summed E-state index contributed by atoms with van der Waals surface area (Å²) in [5.74, 6) is -0.897. The molecule has 2 aromatic rings. The van der Waals surface area contributed by atoms with Gasteiger partial charge >= 0.3 is 5.97 Å². The van der Waals surface area contributed by atoms with E-state index in [9.17, 15) is 9.90 Å². The maximum Gasteiger partial charge on any atom is 0.335 e. The first kappa shape index (κ1) is 21.2. The number of carboxylic acid groups (broad SMARTS) is 1. The summed E-state index contributed by atoms with van der Waals surface area (Å²) in [6.07, 6.45) is 6.17. The molecule has 3 nitrogen and oxygen atoms in total. The fourth-order valence-electron chi connectivity index (χ4n) is 4.28. The third kappa shape index (κ3) is 4.39. The van der Waals surface area contributed by atoms with Crippen LogP contribution in [0.25, 0.3) is 0 Å². The summed E-state index contributed by atoms with van der Waals surface area (Å²) in [6.45, 7) is 11.9. The average Bonchev–Trinajstić information content (AvgIpc) is 2.69. The van der Waals surface area contributed by atoms with E-state index in [0.717, 1.165) is 5.56 Å². The van der Waals surface area contributed by atoms with Crippen molar-refractivity contribution in [2.75, 3.05) is 6.61 Å². The van der Waals surface area contributed by atoms with Gasteiger partial charge in [-0.05, 0) is 71.1 Å². The molecule has 0 amide bonds. The number of hydrogen-bond acceptors (Lipinski definition) is 2. The first-order valence-electron chi connectivity index (χ1n) is 10.4. The molecule has 1 unspecified atom stereocenters. The van der Waals surface area contributed by atoms with Gasteiger partial charge in [0, 0.05) is 5.92 Å². The van der Waals surface area contributed by atoms with E-state index in [2.05, 4.69) is 52.0 Å². The molecule has 0 fully saturated rings. The zero-order valence-corrected chi connectivity index (χ0v) is 18.2. The molecule has 154 valence electrons. The van der Waals surface area contributed by atoms with Crippen molar-refractivity contribution in [2.45, 2.75) is 64.2 Å². The zero-order chi connectivity index (χ0) is 21.2. The molecule has 0 aliphatic heterocycles. The highest BCUT2D eigenvalue weighted by Gasteiger charge is 2.37. The van der Waals surface area contributed by atoms with Gasteiger partial charge in [-0.1, -0.05) is 58.0 Å². The Morgan fingerprint density at radius 1 is 1.00 bits per heavy atom. The van der Waals surface area contributed by atoms with Crippen LogP contribution in [0.15, 0.2) is 54.8 Å². The van der Waals surface area contributed by atoms with E-state index >= 15 is 0 Å². The number of ether oxygens (including phenoxy) is 1. The molecular formula is C26H32O3. The second kappa shape index (κ2) is 8.06. The predicted octanol–water partition coefficient (Wildman–Crippen LogP) is 6.42. The van der Waals surface area contributed by atoms with E-state index in [-0.39, 0.29) is 16.7 Å². The molecule has 1 aliphatic rings. The molecule has 3 heteroatoms. The Labute approximate surface area is 174 Å². The molecule has 0 heterocycles. The lowest BCUT2D eigenvalue weighted by molar-refractivity contribution is 0.0697. The van der Waals surface area contributed by atoms with Gasteiger partial charge in [0.15, 0.2) is 0 Å². The van der Waals surface area contributed by atoms with Gasteiger partial charge in [-0.2, -0.15) is 0 Å². The van der Waals surface area contributed by atoms with Crippen LogP contribution in [0, 0.1) is 0 Å². The first-order chi connectivity index (χ1) is 13.7. The molecule has 29 heavy (non-hydrogen) atoms. The Kier molecular flexibility index (Phi) is 5.88. The number of benzene rings is 2. The van der Waals surface area contributed by atoms with E-state index in [1.807, 2.05) is 19.1 Å². The number of hydrogen-bond donors (Lipinski definition) is 1. The van der Waals surface area contributed by atoms with Gasteiger partial charge in [-0.15, -0.1) is 0 Å². The lowest BCUT2D eigenvalue weighted by Gasteiger charge is -2.42. The molecule has 2 aromatic carbocycles. The lowest BCUT2D eigenvalue weighted by atomic mass is 9.62. The van der Waals surface area contributed by atoms with Crippen LogP contribution in [0.2, 0.25) is 0 Å². The van der Waals surface area contributed by atoms with Gasteiger partial charge in [0.2, 0.25) is 0 Å². The minimum atomic E-state index is -0.907. The summed E-state index contributed by atoms with van der Waals surface area (Å²) in [5, 5.41) is 9.21. The van der Waals surface area contributed by atoms with Gasteiger partial charge in [0.25, 0.3) is 0 Å². The van der Waals surface area contributed by atoms with E-state index < -0.39 is 5.97 Å². The third-order valence-electron chi connectivity index (χ3n) is 6.29. The molecule has 0 aromatic heterocycles. The van der Waals surface area contributed by atoms with E-state index in [1.165, 1.54) is 29.5 Å². The molecule has 0 saturated heterocycles. The fraction of sp³-hybridized carbons (Fsp3) is 0.423. The number of allylic oxidation sites excluding steroid dienone is 1. The summed E-state index contributed by atoms with van der Waals surface area (Å²) < 4.78 is 5.48. The van der Waals surface area contributed by atoms with Crippen molar-refractivity contribution in [3.05, 3.63) is 82.6 Å². The van der Waals surface area contributed by atoms with Crippen LogP contribution in [-0.4, -0.2) is 17.7 Å². The van der Waals surface area contributed by atoms with Crippen LogP contribution >= 0.6 is 0 Å². The van der Waals surface area contributed by atoms with E-state index in [1.54, 1.807) is 18.4 Å². The molecular weight excluding hydrogens is 360 g/mol. The highest BCUT2D eigenvalue weighted by atomic mass is 16.5. The van der Waals surface area contributed by atoms with Crippen LogP contribution in [0.5, 0.6) is 0 Å². The maximum atomic E-state index is 11.2. The van der Waals surface area contributed by atoms with E-state index in [0.29, 0.717) is 12.2 Å². The number of rotatable bonds is 6. The zero-order valence-electron chi connectivity index (χ0n) is 18.2. The SMILES string of the molecule is CCO/C=C/C(c1ccc(C(=O)O)cc1)c1ccc2c(c1)C(C)(C)CCC2(C)C. The quantitative estimate of drug-likeness (QED) is 0.577. The molecule has 0 bridgehead atoms. The second-order valence-corrected chi connectivity index (χ2v) is 9.26. The topological polar surface area (TPSA) is 46.5 Å². The summed E-state index contributed by atoms with van der Waals surface area (Å²) in [7, 11) is 0. The van der Waals surface area contributed by atoms with Gasteiger partial charge in [0.05, 0.1) is 18.4 Å². The summed E-state index contributed by atoms with van der Waals surface area (Å²) in [6, 6.07) is 14.0. The molecule has 1 atom stereocenters. The summed E-state index contributed by atoms with van der Waals surface area (Å²) >= 11 is 0. The van der Waals surface area contributed by atoms with Crippen molar-refractivity contribution in [1.82, 2.24) is 0 Å². The number of carboxylic acids is 1. The molecule has 1 aliphatic carbocycles. The number of fused-ring (bicyclic) bond motifs is 1. The van der Waals surface area contributed by atoms with Gasteiger partial charge in [0.1, 0.15) is 0 Å². The fourth-order valence-corrected chi connectivity index (χ4v) is 4.28. The molecule has 0 spiro atoms. The molecule has 0 radical (unpaired) electrons. The average molecular weight is 393 g/mol. The molecule has 0 saturated carbocycles. The van der Waals surface area contributed by atoms with Crippen molar-refractivity contribution in [3.63, 3.8) is 0 Å². The largest absolute Gasteiger partial charge is 0.502 e. The van der Waals surface area contributed by atoms with Crippen LogP contribution < -0.4 is 0 Å². The Balaban J connectivity index is 2.08. The van der Waals surface area contributed by atoms with Crippen LogP contribution in [0.1, 0.15) is 86.0 Å². The number of aromatic carboxylic acids is 1. The van der Waals surface area contributed by atoms with Crippen molar-refractivity contribution in [3.8, 4) is 0 Å². The van der Waals surface area contributed by atoms with Gasteiger partial charge < -0.3 is 9.84 Å². The van der Waals surface area contributed by atoms with Crippen LogP contribution in [0.3, 0.4) is 0 Å². The van der Waals surface area contributed by atoms with Gasteiger partial charge in [-0.25, -0.2) is 4.79 Å². The van der Waals surface area contributed by atoms with Crippen molar-refractivity contribution >= 4 is 5.97 Å². The molecule has 1 N–H and O–H groups in total. The Hall–Kier alpha value is -2.55. The van der Waals surface area contributed by atoms with E-state index in [4.69, 9.17) is 4.74 Å². The predicted molar refractivity (Wildman–Crippen MR) is 118 cm³/mol. The smallest absolute Gasteiger partial charge is 0.335 e. The summed E-state index contributed by atoms with van der Waals surface area (Å²) in [5.41, 5.74) is 5.74. The lowest BCUT2D eigenvalue weighted by Crippen LogP contribution is -2.34. The van der Waals surface area contributed by atoms with Gasteiger partial charge in [-0.3, -0.25) is 0 Å². The van der Waals surface area contributed by atoms with Crippen molar-refractivity contribution in [1.29, 1.82) is 0 Å². The summed E-state index contributed by atoms with van der Waals surface area (Å²) in [4.78, 5) is 11.2. The minimum Gasteiger partial charge on any atom is -0.502 e. The Morgan fingerprint density at radius 3 is 2.17 bits per heavy atom. The normalized spacial score (nSPS) is 18.2. The molecule has 3 rings (SSSR count). The second-order valence-electron chi connectivity index (χ2n) is 9.26.